The highest BCUT2D eigenvalue weighted by Gasteiger charge is 2.43. The zero-order valence-corrected chi connectivity index (χ0v) is 26.3. The molecule has 2 aliphatic carbocycles. The molecule has 1 unspecified atom stereocenters. The van der Waals surface area contributed by atoms with Crippen molar-refractivity contribution in [3.8, 4) is 11.1 Å². The minimum atomic E-state index is -3.37. The van der Waals surface area contributed by atoms with Gasteiger partial charge in [-0.25, -0.2) is 13.2 Å². The van der Waals surface area contributed by atoms with Gasteiger partial charge >= 0.3 is 5.97 Å². The van der Waals surface area contributed by atoms with Crippen LogP contribution < -0.4 is 5.32 Å². The second-order valence-electron chi connectivity index (χ2n) is 12.7. The zero-order chi connectivity index (χ0) is 30.3. The Bertz CT molecular complexity index is 1350. The third-order valence-corrected chi connectivity index (χ3v) is 10.3. The number of carboxylic acid groups (broad SMARTS) is 1. The number of hydrogen-bond donors (Lipinski definition) is 2. The Morgan fingerprint density at radius 2 is 1.76 bits per heavy atom. The number of hydrogen-bond acceptors (Lipinski definition) is 5. The number of aryl methyl sites for hydroxylation is 1. The Hall–Kier alpha value is -2.71. The van der Waals surface area contributed by atoms with Gasteiger partial charge in [-0.3, -0.25) is 9.69 Å². The van der Waals surface area contributed by atoms with Crippen LogP contribution in [0.2, 0.25) is 0 Å². The number of benzene rings is 2. The molecule has 2 fully saturated rings. The van der Waals surface area contributed by atoms with Crippen LogP contribution in [0.3, 0.4) is 0 Å². The maximum absolute atomic E-state index is 13.5. The van der Waals surface area contributed by atoms with E-state index in [4.69, 9.17) is 0 Å². The van der Waals surface area contributed by atoms with E-state index in [0.717, 1.165) is 53.9 Å². The second-order valence-corrected chi connectivity index (χ2v) is 14.9. The fraction of sp³-hybridized carbons (Fsp3) is 0.588. The third kappa shape index (κ3) is 8.22. The normalized spacial score (nSPS) is 17.9. The van der Waals surface area contributed by atoms with Crippen molar-refractivity contribution in [2.24, 2.45) is 5.92 Å². The summed E-state index contributed by atoms with van der Waals surface area (Å²) in [5, 5.41) is 12.3. The maximum atomic E-state index is 13.5. The molecule has 0 bridgehead atoms. The van der Waals surface area contributed by atoms with Gasteiger partial charge in [-0.1, -0.05) is 69.4 Å². The van der Waals surface area contributed by atoms with Crippen LogP contribution in [0.5, 0.6) is 0 Å². The van der Waals surface area contributed by atoms with Crippen LogP contribution in [0.25, 0.3) is 11.1 Å². The summed E-state index contributed by atoms with van der Waals surface area (Å²) in [6, 6.07) is 12.5. The number of rotatable bonds is 14. The Morgan fingerprint density at radius 3 is 2.36 bits per heavy atom. The molecule has 0 aromatic heterocycles. The summed E-state index contributed by atoms with van der Waals surface area (Å²) >= 11 is 0. The lowest BCUT2D eigenvalue weighted by atomic mass is 9.67. The predicted octanol–water partition coefficient (Wildman–Crippen LogP) is 6.38. The van der Waals surface area contributed by atoms with E-state index in [1.807, 2.05) is 37.3 Å². The van der Waals surface area contributed by atoms with E-state index in [1.54, 1.807) is 6.07 Å². The molecule has 0 aliphatic heterocycles. The van der Waals surface area contributed by atoms with Gasteiger partial charge in [0, 0.05) is 23.9 Å². The monoisotopic (exact) mass is 596 g/mol. The number of nitrogens with one attached hydrogen (secondary N) is 1. The Morgan fingerprint density at radius 1 is 1.05 bits per heavy atom. The highest BCUT2D eigenvalue weighted by Crippen LogP contribution is 2.46. The summed E-state index contributed by atoms with van der Waals surface area (Å²) in [6.07, 6.45) is 13.8. The Balaban J connectivity index is 1.63. The van der Waals surface area contributed by atoms with Crippen molar-refractivity contribution in [2.45, 2.75) is 103 Å². The molecule has 2 aromatic rings. The molecule has 1 amide bonds. The highest BCUT2D eigenvalue weighted by atomic mass is 32.2. The molecular weight excluding hydrogens is 548 g/mol. The first kappa shape index (κ1) is 32.2. The van der Waals surface area contributed by atoms with E-state index in [9.17, 15) is 23.1 Å². The van der Waals surface area contributed by atoms with Crippen LogP contribution >= 0.6 is 0 Å². The molecule has 0 heterocycles. The van der Waals surface area contributed by atoms with E-state index in [0.29, 0.717) is 5.56 Å². The van der Waals surface area contributed by atoms with Crippen LogP contribution in [0.1, 0.15) is 99.0 Å². The van der Waals surface area contributed by atoms with E-state index in [-0.39, 0.29) is 17.7 Å². The number of nitrogens with zero attached hydrogens (tertiary/aromatic N) is 1. The molecule has 1 atom stereocenters. The van der Waals surface area contributed by atoms with Crippen LogP contribution in [0, 0.1) is 12.8 Å². The molecular formula is C34H48N2O5S. The van der Waals surface area contributed by atoms with Gasteiger partial charge in [0.15, 0.2) is 0 Å². The summed E-state index contributed by atoms with van der Waals surface area (Å²) in [7, 11) is -3.37. The van der Waals surface area contributed by atoms with Crippen molar-refractivity contribution in [3.63, 3.8) is 0 Å². The van der Waals surface area contributed by atoms with Crippen LogP contribution in [-0.4, -0.2) is 60.4 Å². The molecule has 8 heteroatoms. The molecule has 2 saturated carbocycles. The van der Waals surface area contributed by atoms with Gasteiger partial charge in [-0.2, -0.15) is 0 Å². The molecule has 0 radical (unpaired) electrons. The molecule has 2 aliphatic rings. The Labute approximate surface area is 252 Å². The van der Waals surface area contributed by atoms with Crippen LogP contribution in [0.4, 0.5) is 0 Å². The molecule has 2 aromatic carbocycles. The largest absolute Gasteiger partial charge is 0.480 e. The van der Waals surface area contributed by atoms with Crippen LogP contribution in [0.15, 0.2) is 42.5 Å². The lowest BCUT2D eigenvalue weighted by molar-refractivity contribution is -0.139. The summed E-state index contributed by atoms with van der Waals surface area (Å²) in [4.78, 5) is 28.1. The number of aliphatic carboxylic acids is 1. The highest BCUT2D eigenvalue weighted by molar-refractivity contribution is 7.90. The fourth-order valence-electron chi connectivity index (χ4n) is 6.95. The van der Waals surface area contributed by atoms with Crippen molar-refractivity contribution in [1.82, 2.24) is 10.2 Å². The van der Waals surface area contributed by atoms with E-state index in [2.05, 4.69) is 23.2 Å². The topological polar surface area (TPSA) is 104 Å². The summed E-state index contributed by atoms with van der Waals surface area (Å²) in [6.45, 7) is 6.10. The van der Waals surface area contributed by atoms with Gasteiger partial charge < -0.3 is 10.4 Å². The SMILES string of the molecule is CCCN(Cc1ccc(C(=O)NC(CCS(C)(=O)=O)C(=O)O)c(-c2ccccc2C)c1)C1(CC2CCCCC2)CCC1. The third-order valence-electron chi connectivity index (χ3n) is 9.36. The zero-order valence-electron chi connectivity index (χ0n) is 25.5. The summed E-state index contributed by atoms with van der Waals surface area (Å²) in [5.74, 6) is -1.26. The summed E-state index contributed by atoms with van der Waals surface area (Å²) < 4.78 is 23.3. The van der Waals surface area contributed by atoms with Gasteiger partial charge in [-0.15, -0.1) is 0 Å². The van der Waals surface area contributed by atoms with E-state index in [1.165, 1.54) is 57.8 Å². The minimum Gasteiger partial charge on any atom is -0.480 e. The van der Waals surface area contributed by atoms with Gasteiger partial charge in [0.1, 0.15) is 15.9 Å². The van der Waals surface area contributed by atoms with Gasteiger partial charge in [0.2, 0.25) is 0 Å². The molecule has 7 nitrogen and oxygen atoms in total. The quantitative estimate of drug-likeness (QED) is 0.262. The average Bonchev–Trinajstić information content (AvgIpc) is 2.93. The number of carbonyl (C=O) groups is 2. The standard InChI is InChI=1S/C34H48N2O5S/c1-4-20-36(34(18-10-19-34)23-26-12-6-5-7-13-26)24-27-15-16-29(30(22-27)28-14-9-8-11-25(28)2)32(37)35-31(33(38)39)17-21-42(3,40)41/h8-9,11,14-16,22,26,31H,4-7,10,12-13,17-21,23-24H2,1-3H3,(H,35,37)(H,38,39). The number of amides is 1. The number of carbonyl (C=O) groups excluding carboxylic acids is 1. The first-order chi connectivity index (χ1) is 20.0. The molecule has 42 heavy (non-hydrogen) atoms. The van der Waals surface area contributed by atoms with Gasteiger partial charge in [0.25, 0.3) is 5.91 Å². The van der Waals surface area contributed by atoms with Crippen LogP contribution in [-0.2, 0) is 21.2 Å². The Kier molecular flexibility index (Phi) is 10.9. The minimum absolute atomic E-state index is 0.188. The molecule has 2 N–H and O–H groups in total. The molecule has 0 saturated heterocycles. The fourth-order valence-corrected chi connectivity index (χ4v) is 7.61. The molecule has 0 spiro atoms. The predicted molar refractivity (Wildman–Crippen MR) is 168 cm³/mol. The first-order valence-corrected chi connectivity index (χ1v) is 17.7. The number of sulfone groups is 1. The van der Waals surface area contributed by atoms with Crippen molar-refractivity contribution in [2.75, 3.05) is 18.6 Å². The second kappa shape index (κ2) is 14.2. The first-order valence-electron chi connectivity index (χ1n) is 15.7. The smallest absolute Gasteiger partial charge is 0.326 e. The lowest BCUT2D eigenvalue weighted by Crippen LogP contribution is -2.54. The summed E-state index contributed by atoms with van der Waals surface area (Å²) in [5.41, 5.74) is 4.50. The van der Waals surface area contributed by atoms with Crippen molar-refractivity contribution in [3.05, 3.63) is 59.2 Å². The lowest BCUT2D eigenvalue weighted by Gasteiger charge is -2.53. The van der Waals surface area contributed by atoms with Crippen molar-refractivity contribution < 1.29 is 23.1 Å². The average molecular weight is 597 g/mol. The van der Waals surface area contributed by atoms with E-state index < -0.39 is 27.8 Å². The maximum Gasteiger partial charge on any atom is 0.326 e. The van der Waals surface area contributed by atoms with Gasteiger partial charge in [0.05, 0.1) is 5.75 Å². The molecule has 4 rings (SSSR count). The van der Waals surface area contributed by atoms with Crippen molar-refractivity contribution >= 4 is 21.7 Å². The van der Waals surface area contributed by atoms with Crippen molar-refractivity contribution in [1.29, 1.82) is 0 Å². The number of carboxylic acids is 1. The molecule has 230 valence electrons. The van der Waals surface area contributed by atoms with E-state index >= 15 is 0 Å². The van der Waals surface area contributed by atoms with Gasteiger partial charge in [-0.05, 0) is 92.3 Å².